The van der Waals surface area contributed by atoms with Crippen LogP contribution >= 0.6 is 11.8 Å². The maximum Gasteiger partial charge on any atom is 0.272 e. The van der Waals surface area contributed by atoms with Crippen LogP contribution in [0.1, 0.15) is 23.0 Å². The van der Waals surface area contributed by atoms with Crippen LogP contribution in [0.5, 0.6) is 0 Å². The van der Waals surface area contributed by atoms with E-state index in [1.165, 1.54) is 37.5 Å². The minimum Gasteiger partial charge on any atom is -0.382 e. The van der Waals surface area contributed by atoms with Gasteiger partial charge < -0.3 is 25.4 Å². The molecule has 0 aliphatic carbocycles. The van der Waals surface area contributed by atoms with Gasteiger partial charge in [0.25, 0.3) is 5.91 Å². The number of methoxy groups -OCH3 is 1. The number of ketones is 1. The standard InChI is InChI=1S/C25H31N5O6S/c1-25(15-36-25)21(31)17(11-16-7-5-4-6-8-16)28-23(33)19(13-35-2)29-24(34)20(14-37-3)30-22(32)18-12-26-9-10-27-18/h4-10,12,17,19-20H,11,13-15H2,1-3H3,(H,28,33)(H,29,34)(H,30,32)/t17-,19-,20-,25+/m0/s1. The molecule has 11 nitrogen and oxygen atoms in total. The van der Waals surface area contributed by atoms with Crippen molar-refractivity contribution in [2.75, 3.05) is 32.3 Å². The molecule has 198 valence electrons. The topological polar surface area (TPSA) is 152 Å². The second-order valence-electron chi connectivity index (χ2n) is 8.72. The summed E-state index contributed by atoms with van der Waals surface area (Å²) in [7, 11) is 1.40. The lowest BCUT2D eigenvalue weighted by Gasteiger charge is -2.25. The highest BCUT2D eigenvalue weighted by Crippen LogP contribution is 2.29. The van der Waals surface area contributed by atoms with Gasteiger partial charge in [-0.1, -0.05) is 30.3 Å². The van der Waals surface area contributed by atoms with E-state index in [2.05, 4.69) is 25.9 Å². The van der Waals surface area contributed by atoms with E-state index >= 15 is 0 Å². The molecule has 1 fully saturated rings. The number of hydrogen-bond acceptors (Lipinski definition) is 9. The molecule has 37 heavy (non-hydrogen) atoms. The fourth-order valence-corrected chi connectivity index (χ4v) is 4.14. The Hall–Kier alpha value is -3.35. The summed E-state index contributed by atoms with van der Waals surface area (Å²) in [6.45, 7) is 1.83. The number of hydrogen-bond donors (Lipinski definition) is 3. The Morgan fingerprint density at radius 1 is 1.05 bits per heavy atom. The molecular weight excluding hydrogens is 498 g/mol. The van der Waals surface area contributed by atoms with Gasteiger partial charge in [0.2, 0.25) is 11.8 Å². The number of carbonyl (C=O) groups excluding carboxylic acids is 4. The Labute approximate surface area is 219 Å². The number of epoxide rings is 1. The third kappa shape index (κ3) is 8.07. The lowest BCUT2D eigenvalue weighted by atomic mass is 9.94. The number of carbonyl (C=O) groups is 4. The number of amides is 3. The van der Waals surface area contributed by atoms with Gasteiger partial charge in [-0.15, -0.1) is 0 Å². The van der Waals surface area contributed by atoms with E-state index in [4.69, 9.17) is 9.47 Å². The summed E-state index contributed by atoms with van der Waals surface area (Å²) in [4.78, 5) is 59.7. The fraction of sp³-hybridized carbons (Fsp3) is 0.440. The molecule has 0 bridgehead atoms. The zero-order valence-electron chi connectivity index (χ0n) is 20.9. The second kappa shape index (κ2) is 13.3. The molecule has 0 unspecified atom stereocenters. The molecule has 0 radical (unpaired) electrons. The minimum absolute atomic E-state index is 0.0608. The summed E-state index contributed by atoms with van der Waals surface area (Å²) in [6, 6.07) is 6.38. The second-order valence-corrected chi connectivity index (χ2v) is 9.63. The first kappa shape index (κ1) is 28.2. The first-order valence-corrected chi connectivity index (χ1v) is 13.0. The van der Waals surface area contributed by atoms with Gasteiger partial charge in [0.05, 0.1) is 25.5 Å². The van der Waals surface area contributed by atoms with Crippen LogP contribution in [0.4, 0.5) is 0 Å². The highest BCUT2D eigenvalue weighted by Gasteiger charge is 2.50. The van der Waals surface area contributed by atoms with Gasteiger partial charge in [0.15, 0.2) is 5.78 Å². The predicted octanol–water partition coefficient (Wildman–Crippen LogP) is 0.155. The third-order valence-corrected chi connectivity index (χ3v) is 6.40. The van der Waals surface area contributed by atoms with Gasteiger partial charge in [-0.05, 0) is 25.2 Å². The molecule has 12 heteroatoms. The van der Waals surface area contributed by atoms with Gasteiger partial charge in [0, 0.05) is 25.3 Å². The van der Waals surface area contributed by atoms with Crippen LogP contribution in [0.2, 0.25) is 0 Å². The van der Waals surface area contributed by atoms with Crippen LogP contribution in [0.25, 0.3) is 0 Å². The molecule has 4 atom stereocenters. The van der Waals surface area contributed by atoms with Gasteiger partial charge in [-0.2, -0.15) is 11.8 Å². The summed E-state index contributed by atoms with van der Waals surface area (Å²) < 4.78 is 10.5. The Kier molecular flexibility index (Phi) is 10.1. The van der Waals surface area contributed by atoms with Crippen LogP contribution < -0.4 is 16.0 Å². The molecule has 1 saturated heterocycles. The van der Waals surface area contributed by atoms with Crippen molar-refractivity contribution in [3.63, 3.8) is 0 Å². The highest BCUT2D eigenvalue weighted by molar-refractivity contribution is 7.98. The molecule has 2 heterocycles. The lowest BCUT2D eigenvalue weighted by Crippen LogP contribution is -2.58. The first-order chi connectivity index (χ1) is 17.8. The zero-order valence-corrected chi connectivity index (χ0v) is 21.7. The predicted molar refractivity (Wildman–Crippen MR) is 137 cm³/mol. The average Bonchev–Trinajstić information content (AvgIpc) is 3.66. The van der Waals surface area contributed by atoms with E-state index in [1.807, 2.05) is 30.3 Å². The molecule has 0 saturated carbocycles. The van der Waals surface area contributed by atoms with E-state index in [-0.39, 0.29) is 36.9 Å². The lowest BCUT2D eigenvalue weighted by molar-refractivity contribution is -0.134. The third-order valence-electron chi connectivity index (χ3n) is 5.73. The van der Waals surface area contributed by atoms with Crippen LogP contribution in [0, 0.1) is 0 Å². The van der Waals surface area contributed by atoms with Gasteiger partial charge in [0.1, 0.15) is 23.4 Å². The maximum absolute atomic E-state index is 13.2. The van der Waals surface area contributed by atoms with Crippen LogP contribution in [0.15, 0.2) is 48.9 Å². The van der Waals surface area contributed by atoms with Crippen molar-refractivity contribution in [2.45, 2.75) is 37.1 Å². The van der Waals surface area contributed by atoms with Crippen molar-refractivity contribution in [3.8, 4) is 0 Å². The molecule has 3 amide bonds. The number of benzene rings is 1. The maximum atomic E-state index is 13.2. The van der Waals surface area contributed by atoms with Gasteiger partial charge >= 0.3 is 0 Å². The monoisotopic (exact) mass is 529 g/mol. The molecule has 3 rings (SSSR count). The molecule has 2 aromatic rings. The first-order valence-electron chi connectivity index (χ1n) is 11.6. The minimum atomic E-state index is -1.10. The molecule has 1 aromatic carbocycles. The average molecular weight is 530 g/mol. The highest BCUT2D eigenvalue weighted by atomic mass is 32.2. The zero-order chi connectivity index (χ0) is 26.8. The van der Waals surface area contributed by atoms with E-state index in [0.717, 1.165) is 5.56 Å². The Balaban J connectivity index is 1.70. The number of nitrogens with zero attached hydrogens (tertiary/aromatic N) is 2. The largest absolute Gasteiger partial charge is 0.382 e. The summed E-state index contributed by atoms with van der Waals surface area (Å²) >= 11 is 1.35. The van der Waals surface area contributed by atoms with E-state index in [1.54, 1.807) is 13.2 Å². The normalized spacial score (nSPS) is 18.7. The molecule has 0 spiro atoms. The molecule has 1 aromatic heterocycles. The molecule has 1 aliphatic rings. The van der Waals surface area contributed by atoms with E-state index < -0.39 is 41.4 Å². The van der Waals surface area contributed by atoms with E-state index in [9.17, 15) is 19.2 Å². The number of rotatable bonds is 14. The van der Waals surface area contributed by atoms with Crippen molar-refractivity contribution >= 4 is 35.3 Å². The van der Waals surface area contributed by atoms with Crippen molar-refractivity contribution in [1.29, 1.82) is 0 Å². The van der Waals surface area contributed by atoms with Crippen LogP contribution in [0.3, 0.4) is 0 Å². The van der Waals surface area contributed by atoms with Gasteiger partial charge in [-0.3, -0.25) is 24.2 Å². The number of Topliss-reactive ketones (excluding diaryl/α,β-unsaturated/α-hetero) is 1. The Morgan fingerprint density at radius 3 is 2.32 bits per heavy atom. The van der Waals surface area contributed by atoms with Crippen molar-refractivity contribution in [1.82, 2.24) is 25.9 Å². The number of thioether (sulfide) groups is 1. The smallest absolute Gasteiger partial charge is 0.272 e. The van der Waals surface area contributed by atoms with E-state index in [0.29, 0.717) is 0 Å². The van der Waals surface area contributed by atoms with Crippen molar-refractivity contribution in [2.24, 2.45) is 0 Å². The molecule has 1 aliphatic heterocycles. The SMILES string of the molecule is COC[C@H](NC(=O)[C@H](CSC)NC(=O)c1cnccn1)C(=O)N[C@@H](Cc1ccccc1)C(=O)[C@@]1(C)CO1. The summed E-state index contributed by atoms with van der Waals surface area (Å²) in [5.74, 6) is -1.72. The fourth-order valence-electron chi connectivity index (χ4n) is 3.57. The Morgan fingerprint density at radius 2 is 1.73 bits per heavy atom. The summed E-state index contributed by atoms with van der Waals surface area (Å²) in [6.07, 6.45) is 6.15. The van der Waals surface area contributed by atoms with Crippen molar-refractivity contribution < 1.29 is 28.7 Å². The summed E-state index contributed by atoms with van der Waals surface area (Å²) in [5, 5.41) is 8.03. The molecular formula is C25H31N5O6S. The summed E-state index contributed by atoms with van der Waals surface area (Å²) in [5.41, 5.74) is -0.0176. The molecule has 3 N–H and O–H groups in total. The number of aromatic nitrogens is 2. The number of ether oxygens (including phenoxy) is 2. The number of nitrogens with one attached hydrogen (secondary N) is 3. The van der Waals surface area contributed by atoms with Crippen LogP contribution in [-0.2, 0) is 30.3 Å². The van der Waals surface area contributed by atoms with Gasteiger partial charge in [-0.25, -0.2) is 4.98 Å². The van der Waals surface area contributed by atoms with Crippen molar-refractivity contribution in [3.05, 3.63) is 60.2 Å². The quantitative estimate of drug-likeness (QED) is 0.291. The Bertz CT molecular complexity index is 1080. The van der Waals surface area contributed by atoms with Crippen LogP contribution in [-0.4, -0.2) is 89.5 Å².